The summed E-state index contributed by atoms with van der Waals surface area (Å²) in [5.41, 5.74) is 2.85. The Hall–Kier alpha value is -2.68. The van der Waals surface area contributed by atoms with Crippen LogP contribution < -0.4 is 10.6 Å². The Bertz CT molecular complexity index is 1190. The van der Waals surface area contributed by atoms with E-state index in [4.69, 9.17) is 27.9 Å². The molecule has 1 fully saturated rings. The van der Waals surface area contributed by atoms with Gasteiger partial charge in [0.25, 0.3) is 0 Å². The van der Waals surface area contributed by atoms with Crippen LogP contribution in [0.25, 0.3) is 11.3 Å². The summed E-state index contributed by atoms with van der Waals surface area (Å²) in [4.78, 5) is 21.8. The van der Waals surface area contributed by atoms with Crippen molar-refractivity contribution in [3.05, 3.63) is 58.0 Å². The Morgan fingerprint density at radius 1 is 1.11 bits per heavy atom. The number of carbonyl (C=O) groups excluding carboxylic acids is 1. The zero-order chi connectivity index (χ0) is 25.3. The zero-order valence-corrected chi connectivity index (χ0v) is 21.9. The summed E-state index contributed by atoms with van der Waals surface area (Å²) in [5.74, 6) is -0.306. The lowest BCUT2D eigenvalue weighted by molar-refractivity contribution is -0.122. The van der Waals surface area contributed by atoms with E-state index in [1.807, 2.05) is 65.0 Å². The number of nitrogens with one attached hydrogen (secondary N) is 3. The van der Waals surface area contributed by atoms with Crippen molar-refractivity contribution >= 4 is 35.1 Å². The van der Waals surface area contributed by atoms with Gasteiger partial charge in [-0.05, 0) is 58.9 Å². The largest absolute Gasteiger partial charge is 0.373 e. The van der Waals surface area contributed by atoms with Crippen LogP contribution in [0.5, 0.6) is 0 Å². The molecule has 1 aliphatic rings. The van der Waals surface area contributed by atoms with Gasteiger partial charge in [0.05, 0.1) is 40.7 Å². The van der Waals surface area contributed by atoms with Gasteiger partial charge in [0, 0.05) is 23.0 Å². The van der Waals surface area contributed by atoms with Crippen molar-refractivity contribution in [2.45, 2.75) is 58.3 Å². The molecule has 0 radical (unpaired) electrons. The summed E-state index contributed by atoms with van der Waals surface area (Å²) >= 11 is 12.3. The maximum Gasteiger partial charge on any atom is 0.229 e. The van der Waals surface area contributed by atoms with Crippen LogP contribution in [0, 0.1) is 5.92 Å². The Morgan fingerprint density at radius 2 is 1.83 bits per heavy atom. The number of carbonyl (C=O) groups is 1. The van der Waals surface area contributed by atoms with Crippen molar-refractivity contribution in [3.8, 4) is 11.3 Å². The van der Waals surface area contributed by atoms with Crippen LogP contribution in [0.3, 0.4) is 0 Å². The van der Waals surface area contributed by atoms with Gasteiger partial charge in [0.2, 0.25) is 11.9 Å². The molecule has 35 heavy (non-hydrogen) atoms. The number of H-pyrrole nitrogens is 1. The van der Waals surface area contributed by atoms with Gasteiger partial charge in [-0.2, -0.15) is 5.10 Å². The van der Waals surface area contributed by atoms with Gasteiger partial charge < -0.3 is 15.4 Å². The van der Waals surface area contributed by atoms with Crippen LogP contribution in [0.1, 0.15) is 58.0 Å². The van der Waals surface area contributed by atoms with Crippen LogP contribution in [0.4, 0.5) is 5.95 Å². The van der Waals surface area contributed by atoms with Gasteiger partial charge in [-0.1, -0.05) is 35.3 Å². The number of hydrogen-bond donors (Lipinski definition) is 3. The standard InChI is InChI=1S/C25H30Cl2N6O2/c1-13(18-10-19(33-32-18)15-6-8-16(26)9-7-15)29-24-30-20(11-21(27)31-24)22-17(12-28-23(22)34)14(2)35-25(3,4)5/h6-11,13-14,17,22H,12H2,1-5H3,(H,28,34)(H,32,33)(H,29,30,31)/t13-,14+,17+,22+/m0/s1. The third-order valence-corrected chi connectivity index (χ3v) is 6.39. The lowest BCUT2D eigenvalue weighted by Gasteiger charge is -2.30. The average Bonchev–Trinajstić information content (AvgIpc) is 3.40. The summed E-state index contributed by atoms with van der Waals surface area (Å²) in [6.45, 7) is 10.5. The Labute approximate surface area is 215 Å². The van der Waals surface area contributed by atoms with E-state index in [0.717, 1.165) is 17.0 Å². The van der Waals surface area contributed by atoms with Crippen molar-refractivity contribution in [2.24, 2.45) is 5.92 Å². The number of ether oxygens (including phenoxy) is 1. The Kier molecular flexibility index (Phi) is 7.35. The third kappa shape index (κ3) is 6.12. The molecule has 3 heterocycles. The summed E-state index contributed by atoms with van der Waals surface area (Å²) in [6.07, 6.45) is -0.153. The van der Waals surface area contributed by atoms with Gasteiger partial charge in [-0.15, -0.1) is 0 Å². The third-order valence-electron chi connectivity index (χ3n) is 5.95. The fourth-order valence-corrected chi connectivity index (χ4v) is 4.65. The minimum atomic E-state index is -0.479. The first-order chi connectivity index (χ1) is 16.5. The minimum absolute atomic E-state index is 0.0764. The number of aromatic amines is 1. The number of benzene rings is 1. The number of anilines is 1. The highest BCUT2D eigenvalue weighted by molar-refractivity contribution is 6.30. The molecule has 1 amide bonds. The first-order valence-corrected chi connectivity index (χ1v) is 12.3. The van der Waals surface area contributed by atoms with E-state index in [-0.39, 0.29) is 34.7 Å². The molecular formula is C25H30Cl2N6O2. The fraction of sp³-hybridized carbons (Fsp3) is 0.440. The molecule has 0 aliphatic carbocycles. The number of aromatic nitrogens is 4. The molecule has 0 bridgehead atoms. The van der Waals surface area contributed by atoms with Gasteiger partial charge in [-0.25, -0.2) is 9.97 Å². The van der Waals surface area contributed by atoms with E-state index in [1.165, 1.54) is 0 Å². The van der Waals surface area contributed by atoms with Crippen LogP contribution in [-0.4, -0.2) is 44.3 Å². The lowest BCUT2D eigenvalue weighted by Crippen LogP contribution is -2.34. The van der Waals surface area contributed by atoms with Crippen molar-refractivity contribution in [1.82, 2.24) is 25.5 Å². The Balaban J connectivity index is 1.53. The predicted octanol–water partition coefficient (Wildman–Crippen LogP) is 5.38. The Morgan fingerprint density at radius 3 is 2.51 bits per heavy atom. The molecule has 0 spiro atoms. The van der Waals surface area contributed by atoms with Gasteiger partial charge in [-0.3, -0.25) is 9.89 Å². The van der Waals surface area contributed by atoms with Crippen LogP contribution in [0.15, 0.2) is 36.4 Å². The molecule has 1 saturated heterocycles. The highest BCUT2D eigenvalue weighted by Gasteiger charge is 2.42. The normalized spacial score (nSPS) is 19.9. The van der Waals surface area contributed by atoms with E-state index in [2.05, 4.69) is 30.8 Å². The van der Waals surface area contributed by atoms with Crippen molar-refractivity contribution < 1.29 is 9.53 Å². The van der Waals surface area contributed by atoms with Crippen LogP contribution in [-0.2, 0) is 9.53 Å². The van der Waals surface area contributed by atoms with E-state index in [1.54, 1.807) is 6.07 Å². The molecule has 8 nitrogen and oxygen atoms in total. The van der Waals surface area contributed by atoms with E-state index in [0.29, 0.717) is 23.2 Å². The molecule has 4 rings (SSSR count). The van der Waals surface area contributed by atoms with E-state index < -0.39 is 5.92 Å². The summed E-state index contributed by atoms with van der Waals surface area (Å²) < 4.78 is 6.15. The predicted molar refractivity (Wildman–Crippen MR) is 138 cm³/mol. The number of amides is 1. The number of hydrogen-bond acceptors (Lipinski definition) is 6. The molecule has 3 aromatic rings. The number of rotatable bonds is 7. The SMILES string of the molecule is C[C@H](Nc1nc(Cl)cc([C@@H]2C(=O)NC[C@@H]2[C@@H](C)OC(C)(C)C)n1)c1cc(-c2ccc(Cl)cc2)n[nH]1. The molecule has 2 aromatic heterocycles. The van der Waals surface area contributed by atoms with Crippen molar-refractivity contribution in [2.75, 3.05) is 11.9 Å². The van der Waals surface area contributed by atoms with E-state index >= 15 is 0 Å². The average molecular weight is 517 g/mol. The van der Waals surface area contributed by atoms with E-state index in [9.17, 15) is 4.79 Å². The summed E-state index contributed by atoms with van der Waals surface area (Å²) in [5, 5.41) is 14.6. The molecule has 4 atom stereocenters. The quantitative estimate of drug-likeness (QED) is 0.364. The second-order valence-corrected chi connectivity index (χ2v) is 10.7. The van der Waals surface area contributed by atoms with Crippen LogP contribution in [0.2, 0.25) is 10.2 Å². The maximum absolute atomic E-state index is 12.8. The molecule has 1 aliphatic heterocycles. The first-order valence-electron chi connectivity index (χ1n) is 11.6. The van der Waals surface area contributed by atoms with Crippen LogP contribution >= 0.6 is 23.2 Å². The smallest absolute Gasteiger partial charge is 0.229 e. The molecular weight excluding hydrogens is 487 g/mol. The maximum atomic E-state index is 12.8. The molecule has 10 heteroatoms. The topological polar surface area (TPSA) is 105 Å². The highest BCUT2D eigenvalue weighted by Crippen LogP contribution is 2.34. The molecule has 0 saturated carbocycles. The van der Waals surface area contributed by atoms with Crippen molar-refractivity contribution in [3.63, 3.8) is 0 Å². The summed E-state index contributed by atoms with van der Waals surface area (Å²) in [7, 11) is 0. The molecule has 1 aromatic carbocycles. The van der Waals surface area contributed by atoms with Crippen molar-refractivity contribution in [1.29, 1.82) is 0 Å². The zero-order valence-electron chi connectivity index (χ0n) is 20.4. The van der Waals surface area contributed by atoms with Gasteiger partial charge >= 0.3 is 0 Å². The monoisotopic (exact) mass is 516 g/mol. The second kappa shape index (κ2) is 10.1. The van der Waals surface area contributed by atoms with Gasteiger partial charge in [0.1, 0.15) is 5.15 Å². The molecule has 186 valence electrons. The van der Waals surface area contributed by atoms with Gasteiger partial charge in [0.15, 0.2) is 0 Å². The summed E-state index contributed by atoms with van der Waals surface area (Å²) in [6, 6.07) is 10.9. The lowest BCUT2D eigenvalue weighted by atomic mass is 9.88. The second-order valence-electron chi connectivity index (χ2n) is 9.84. The minimum Gasteiger partial charge on any atom is -0.373 e. The molecule has 3 N–H and O–H groups in total. The molecule has 0 unspecified atom stereocenters. The highest BCUT2D eigenvalue weighted by atomic mass is 35.5. The fourth-order valence-electron chi connectivity index (χ4n) is 4.33. The first kappa shape index (κ1) is 25.4. The number of nitrogens with zero attached hydrogens (tertiary/aromatic N) is 3. The number of halogens is 2.